The molecule has 0 saturated carbocycles. The Labute approximate surface area is 82.6 Å². The molecule has 78 valence electrons. The van der Waals surface area contributed by atoms with Crippen LogP contribution in [-0.2, 0) is 14.3 Å². The van der Waals surface area contributed by atoms with Crippen LogP contribution in [0.1, 0.15) is 6.92 Å². The number of hydrogen-bond acceptors (Lipinski definition) is 3. The van der Waals surface area contributed by atoms with E-state index in [1.807, 2.05) is 0 Å². The number of amides is 1. The minimum absolute atomic E-state index is 0.0157. The zero-order valence-electron chi connectivity index (χ0n) is 8.02. The van der Waals surface area contributed by atoms with Crippen LogP contribution in [0.25, 0.3) is 0 Å². The number of aliphatic carboxylic acids is 1. The van der Waals surface area contributed by atoms with Gasteiger partial charge in [0.2, 0.25) is 5.91 Å². The van der Waals surface area contributed by atoms with E-state index in [-0.39, 0.29) is 13.2 Å². The predicted molar refractivity (Wildman–Crippen MR) is 49.5 cm³/mol. The Balaban J connectivity index is 4.12. The van der Waals surface area contributed by atoms with E-state index in [1.165, 1.54) is 0 Å². The van der Waals surface area contributed by atoms with E-state index in [2.05, 4.69) is 5.92 Å². The maximum atomic E-state index is 11.3. The largest absolute Gasteiger partial charge is 0.480 e. The smallest absolute Gasteiger partial charge is 0.323 e. The van der Waals surface area contributed by atoms with Crippen LogP contribution in [0.2, 0.25) is 0 Å². The van der Waals surface area contributed by atoms with Gasteiger partial charge in [-0.2, -0.15) is 0 Å². The van der Waals surface area contributed by atoms with Crippen molar-refractivity contribution in [3.8, 4) is 12.3 Å². The van der Waals surface area contributed by atoms with E-state index in [0.717, 1.165) is 4.90 Å². The molecular formula is C9H13NO4. The summed E-state index contributed by atoms with van der Waals surface area (Å²) in [6.45, 7) is 1.61. The first kappa shape index (κ1) is 12.5. The quantitative estimate of drug-likeness (QED) is 0.589. The lowest BCUT2D eigenvalue weighted by Crippen LogP contribution is -2.38. The molecule has 0 heterocycles. The van der Waals surface area contributed by atoms with E-state index >= 15 is 0 Å². The summed E-state index contributed by atoms with van der Waals surface area (Å²) in [5.74, 6) is 0.714. The van der Waals surface area contributed by atoms with Crippen molar-refractivity contribution in [3.05, 3.63) is 0 Å². The topological polar surface area (TPSA) is 66.8 Å². The average molecular weight is 199 g/mol. The van der Waals surface area contributed by atoms with E-state index in [0.29, 0.717) is 6.61 Å². The molecule has 1 N–H and O–H groups in total. The summed E-state index contributed by atoms with van der Waals surface area (Å²) in [5.41, 5.74) is 0. The fourth-order valence-corrected chi connectivity index (χ4v) is 0.786. The maximum Gasteiger partial charge on any atom is 0.323 e. The molecule has 0 spiro atoms. The zero-order valence-corrected chi connectivity index (χ0v) is 8.02. The van der Waals surface area contributed by atoms with Gasteiger partial charge in [-0.25, -0.2) is 0 Å². The molecule has 5 heteroatoms. The van der Waals surface area contributed by atoms with Crippen LogP contribution in [0.5, 0.6) is 0 Å². The number of ether oxygens (including phenoxy) is 1. The van der Waals surface area contributed by atoms with Crippen LogP contribution in [0.4, 0.5) is 0 Å². The summed E-state index contributed by atoms with van der Waals surface area (Å²) < 4.78 is 4.85. The molecule has 1 amide bonds. The number of rotatable bonds is 6. The second-order valence-corrected chi connectivity index (χ2v) is 2.48. The Morgan fingerprint density at radius 3 is 2.64 bits per heavy atom. The van der Waals surface area contributed by atoms with Gasteiger partial charge in [-0.15, -0.1) is 6.42 Å². The molecule has 0 aromatic rings. The highest BCUT2D eigenvalue weighted by molar-refractivity contribution is 5.82. The van der Waals surface area contributed by atoms with Crippen molar-refractivity contribution < 1.29 is 19.4 Å². The summed E-state index contributed by atoms with van der Waals surface area (Å²) in [6.07, 6.45) is 4.99. The van der Waals surface area contributed by atoms with Crippen molar-refractivity contribution in [2.24, 2.45) is 0 Å². The van der Waals surface area contributed by atoms with Gasteiger partial charge in [0.05, 0.1) is 6.54 Å². The van der Waals surface area contributed by atoms with Crippen LogP contribution < -0.4 is 0 Å². The molecule has 0 saturated heterocycles. The average Bonchev–Trinajstić information content (AvgIpc) is 2.13. The van der Waals surface area contributed by atoms with Crippen molar-refractivity contribution in [2.75, 3.05) is 26.3 Å². The van der Waals surface area contributed by atoms with Crippen LogP contribution >= 0.6 is 0 Å². The van der Waals surface area contributed by atoms with Gasteiger partial charge in [-0.3, -0.25) is 9.59 Å². The zero-order chi connectivity index (χ0) is 11.0. The lowest BCUT2D eigenvalue weighted by atomic mass is 10.4. The van der Waals surface area contributed by atoms with Crippen molar-refractivity contribution in [2.45, 2.75) is 6.92 Å². The lowest BCUT2D eigenvalue weighted by molar-refractivity contribution is -0.145. The Morgan fingerprint density at radius 2 is 2.21 bits per heavy atom. The fraction of sp³-hybridized carbons (Fsp3) is 0.556. The highest BCUT2D eigenvalue weighted by atomic mass is 16.5. The first-order chi connectivity index (χ1) is 6.61. The molecule has 0 aliphatic carbocycles. The monoisotopic (exact) mass is 199 g/mol. The van der Waals surface area contributed by atoms with E-state index in [1.54, 1.807) is 6.92 Å². The molecule has 0 atom stereocenters. The highest BCUT2D eigenvalue weighted by Crippen LogP contribution is 1.90. The van der Waals surface area contributed by atoms with Gasteiger partial charge < -0.3 is 14.7 Å². The third kappa shape index (κ3) is 5.17. The molecule has 5 nitrogen and oxygen atoms in total. The van der Waals surface area contributed by atoms with Crippen LogP contribution in [0.15, 0.2) is 0 Å². The predicted octanol–water partition coefficient (Wildman–Crippen LogP) is -0.431. The lowest BCUT2D eigenvalue weighted by Gasteiger charge is -2.17. The van der Waals surface area contributed by atoms with Crippen molar-refractivity contribution in [3.63, 3.8) is 0 Å². The van der Waals surface area contributed by atoms with Crippen molar-refractivity contribution in [1.82, 2.24) is 4.90 Å². The first-order valence-electron chi connectivity index (χ1n) is 4.12. The van der Waals surface area contributed by atoms with Crippen molar-refractivity contribution >= 4 is 11.9 Å². The molecule has 0 aliphatic rings. The number of carboxylic acid groups (broad SMARTS) is 1. The Morgan fingerprint density at radius 1 is 1.57 bits per heavy atom. The van der Waals surface area contributed by atoms with Crippen LogP contribution in [-0.4, -0.2) is 48.2 Å². The Hall–Kier alpha value is -1.54. The molecule has 0 bridgehead atoms. The molecule has 0 radical (unpaired) electrons. The third-order valence-electron chi connectivity index (χ3n) is 1.39. The summed E-state index contributed by atoms with van der Waals surface area (Å²) in [6, 6.07) is 0. The minimum Gasteiger partial charge on any atom is -0.480 e. The maximum absolute atomic E-state index is 11.3. The molecule has 0 fully saturated rings. The van der Waals surface area contributed by atoms with E-state index < -0.39 is 18.4 Å². The third-order valence-corrected chi connectivity index (χ3v) is 1.39. The molecule has 0 rings (SSSR count). The summed E-state index contributed by atoms with van der Waals surface area (Å²) >= 11 is 0. The number of carbonyl (C=O) groups excluding carboxylic acids is 1. The number of terminal acetylenes is 1. The standard InChI is InChI=1S/C9H13NO4/c1-3-5-10(6-9(12)13)8(11)7-14-4-2/h1H,4-7H2,2H3,(H,12,13). The number of nitrogens with zero attached hydrogens (tertiary/aromatic N) is 1. The summed E-state index contributed by atoms with van der Waals surface area (Å²) in [7, 11) is 0. The molecule has 0 aliphatic heterocycles. The van der Waals surface area contributed by atoms with Crippen LogP contribution in [0.3, 0.4) is 0 Å². The number of hydrogen-bond donors (Lipinski definition) is 1. The van der Waals surface area contributed by atoms with E-state index in [9.17, 15) is 9.59 Å². The van der Waals surface area contributed by atoms with Gasteiger partial charge in [0, 0.05) is 6.61 Å². The molecule has 0 aromatic carbocycles. The molecular weight excluding hydrogens is 186 g/mol. The highest BCUT2D eigenvalue weighted by Gasteiger charge is 2.15. The summed E-state index contributed by atoms with van der Waals surface area (Å²) in [5, 5.41) is 8.48. The number of carboxylic acids is 1. The Bertz CT molecular complexity index is 244. The minimum atomic E-state index is -1.09. The normalized spacial score (nSPS) is 9.14. The SMILES string of the molecule is C#CCN(CC(=O)O)C(=O)COCC. The summed E-state index contributed by atoms with van der Waals surface area (Å²) in [4.78, 5) is 22.7. The number of carbonyl (C=O) groups is 2. The van der Waals surface area contributed by atoms with Gasteiger partial charge >= 0.3 is 5.97 Å². The van der Waals surface area contributed by atoms with Gasteiger partial charge in [-0.1, -0.05) is 5.92 Å². The first-order valence-corrected chi connectivity index (χ1v) is 4.12. The van der Waals surface area contributed by atoms with Crippen molar-refractivity contribution in [1.29, 1.82) is 0 Å². The van der Waals surface area contributed by atoms with Gasteiger partial charge in [-0.05, 0) is 6.92 Å². The molecule has 0 unspecified atom stereocenters. The Kier molecular flexibility index (Phi) is 6.16. The van der Waals surface area contributed by atoms with Crippen LogP contribution in [0, 0.1) is 12.3 Å². The fourth-order valence-electron chi connectivity index (χ4n) is 0.786. The van der Waals surface area contributed by atoms with E-state index in [4.69, 9.17) is 16.3 Å². The van der Waals surface area contributed by atoms with Gasteiger partial charge in [0.25, 0.3) is 0 Å². The van der Waals surface area contributed by atoms with Gasteiger partial charge in [0.15, 0.2) is 0 Å². The molecule has 14 heavy (non-hydrogen) atoms. The van der Waals surface area contributed by atoms with Gasteiger partial charge in [0.1, 0.15) is 13.2 Å². The molecule has 0 aromatic heterocycles. The second-order valence-electron chi connectivity index (χ2n) is 2.48. The second kappa shape index (κ2) is 6.92.